The maximum Gasteiger partial charge on any atom is 0.242 e. The quantitative estimate of drug-likeness (QED) is 0.451. The topological polar surface area (TPSA) is 82.2 Å². The maximum absolute atomic E-state index is 11.9. The lowest BCUT2D eigenvalue weighted by atomic mass is 9.97. The third-order valence-corrected chi connectivity index (χ3v) is 2.96. The molecular formula is C14H20N4O. The molecular weight excluding hydrogens is 240 g/mol. The van der Waals surface area contributed by atoms with Gasteiger partial charge in [0.15, 0.2) is 0 Å². The molecule has 2 unspecified atom stereocenters. The number of nitriles is 1. The molecule has 0 fully saturated rings. The van der Waals surface area contributed by atoms with E-state index in [1.165, 1.54) is 0 Å². The van der Waals surface area contributed by atoms with Gasteiger partial charge in [-0.2, -0.15) is 5.26 Å². The third kappa shape index (κ3) is 4.70. The molecule has 5 nitrogen and oxygen atoms in total. The summed E-state index contributed by atoms with van der Waals surface area (Å²) in [4.78, 5) is 13.8. The van der Waals surface area contributed by atoms with E-state index in [2.05, 4.69) is 11.5 Å². The minimum atomic E-state index is -0.331. The van der Waals surface area contributed by atoms with Crippen molar-refractivity contribution < 1.29 is 4.79 Å². The van der Waals surface area contributed by atoms with Crippen molar-refractivity contribution in [1.82, 2.24) is 10.3 Å². The summed E-state index contributed by atoms with van der Waals surface area (Å²) in [7, 11) is 1.90. The summed E-state index contributed by atoms with van der Waals surface area (Å²) in [5.41, 5.74) is 3.12. The first-order chi connectivity index (χ1) is 9.08. The van der Waals surface area contributed by atoms with Crippen molar-refractivity contribution in [3.05, 3.63) is 35.9 Å². The summed E-state index contributed by atoms with van der Waals surface area (Å²) in [5, 5.41) is 8.81. The van der Waals surface area contributed by atoms with Crippen LogP contribution in [0.5, 0.6) is 0 Å². The Balaban J connectivity index is 2.77. The van der Waals surface area contributed by atoms with Crippen LogP contribution in [0.25, 0.3) is 0 Å². The standard InChI is InChI=1S/C14H20N4O/c1-11(8-15)9-18(2)10-13(14(19)17-16)12-6-4-3-5-7-12/h3-7,11,13H,9-10,16H2,1-2H3,(H,17,19). The van der Waals surface area contributed by atoms with E-state index in [0.29, 0.717) is 13.1 Å². The van der Waals surface area contributed by atoms with Crippen LogP contribution in [-0.2, 0) is 4.79 Å². The highest BCUT2D eigenvalue weighted by Crippen LogP contribution is 2.17. The SMILES string of the molecule is CC(C#N)CN(C)CC(C(=O)NN)c1ccccc1. The number of rotatable bonds is 6. The third-order valence-electron chi connectivity index (χ3n) is 2.96. The van der Waals surface area contributed by atoms with Gasteiger partial charge in [0.05, 0.1) is 17.9 Å². The second-order valence-electron chi connectivity index (χ2n) is 4.72. The number of hydrogen-bond acceptors (Lipinski definition) is 4. The molecule has 0 aliphatic heterocycles. The van der Waals surface area contributed by atoms with Crippen LogP contribution in [-0.4, -0.2) is 30.9 Å². The van der Waals surface area contributed by atoms with Gasteiger partial charge in [-0.1, -0.05) is 30.3 Å². The van der Waals surface area contributed by atoms with Crippen molar-refractivity contribution in [3.63, 3.8) is 0 Å². The van der Waals surface area contributed by atoms with Crippen molar-refractivity contribution in [3.8, 4) is 6.07 Å². The average molecular weight is 260 g/mol. The van der Waals surface area contributed by atoms with E-state index in [4.69, 9.17) is 11.1 Å². The number of nitrogens with one attached hydrogen (secondary N) is 1. The van der Waals surface area contributed by atoms with Crippen LogP contribution in [0.3, 0.4) is 0 Å². The van der Waals surface area contributed by atoms with Crippen molar-refractivity contribution >= 4 is 5.91 Å². The molecule has 1 amide bonds. The zero-order valence-corrected chi connectivity index (χ0v) is 11.3. The van der Waals surface area contributed by atoms with Crippen LogP contribution in [0, 0.1) is 17.2 Å². The number of carbonyl (C=O) groups excluding carboxylic acids is 1. The minimum Gasteiger partial charge on any atom is -0.304 e. The molecule has 3 N–H and O–H groups in total. The molecule has 0 spiro atoms. The number of benzene rings is 1. The Morgan fingerprint density at radius 2 is 2.05 bits per heavy atom. The Morgan fingerprint density at radius 1 is 1.42 bits per heavy atom. The number of carbonyl (C=O) groups is 1. The molecule has 19 heavy (non-hydrogen) atoms. The molecule has 0 aromatic heterocycles. The van der Waals surface area contributed by atoms with Gasteiger partial charge in [-0.25, -0.2) is 5.84 Å². The first kappa shape index (κ1) is 15.2. The fraction of sp³-hybridized carbons (Fsp3) is 0.429. The maximum atomic E-state index is 11.9. The molecule has 0 heterocycles. The second kappa shape index (κ2) is 7.52. The zero-order chi connectivity index (χ0) is 14.3. The smallest absolute Gasteiger partial charge is 0.242 e. The predicted octanol–water partition coefficient (Wildman–Crippen LogP) is 0.852. The first-order valence-corrected chi connectivity index (χ1v) is 6.22. The molecule has 0 aliphatic rings. The van der Waals surface area contributed by atoms with Crippen molar-refractivity contribution in [2.24, 2.45) is 11.8 Å². The Labute approximate surface area is 114 Å². The number of hydrogen-bond donors (Lipinski definition) is 2. The molecule has 1 rings (SSSR count). The lowest BCUT2D eigenvalue weighted by molar-refractivity contribution is -0.123. The molecule has 0 saturated carbocycles. The second-order valence-corrected chi connectivity index (χ2v) is 4.72. The molecule has 0 aliphatic carbocycles. The fourth-order valence-electron chi connectivity index (χ4n) is 2.02. The van der Waals surface area contributed by atoms with Crippen LogP contribution in [0.15, 0.2) is 30.3 Å². The van der Waals surface area contributed by atoms with Gasteiger partial charge in [-0.15, -0.1) is 0 Å². The highest BCUT2D eigenvalue weighted by Gasteiger charge is 2.22. The number of amides is 1. The molecule has 0 bridgehead atoms. The summed E-state index contributed by atoms with van der Waals surface area (Å²) in [6.45, 7) is 3.01. The predicted molar refractivity (Wildman–Crippen MR) is 73.8 cm³/mol. The lowest BCUT2D eigenvalue weighted by Crippen LogP contribution is -2.40. The Bertz CT molecular complexity index is 441. The summed E-state index contributed by atoms with van der Waals surface area (Å²) in [6.07, 6.45) is 0. The number of nitrogens with two attached hydrogens (primary N) is 1. The van der Waals surface area contributed by atoms with E-state index in [0.717, 1.165) is 5.56 Å². The van der Waals surface area contributed by atoms with E-state index >= 15 is 0 Å². The lowest BCUT2D eigenvalue weighted by Gasteiger charge is -2.23. The minimum absolute atomic E-state index is 0.0673. The largest absolute Gasteiger partial charge is 0.304 e. The number of nitrogens with zero attached hydrogens (tertiary/aromatic N) is 2. The van der Waals surface area contributed by atoms with E-state index < -0.39 is 0 Å². The van der Waals surface area contributed by atoms with Gasteiger partial charge in [0.2, 0.25) is 5.91 Å². The molecule has 0 radical (unpaired) electrons. The average Bonchev–Trinajstić information content (AvgIpc) is 2.44. The molecule has 0 saturated heterocycles. The highest BCUT2D eigenvalue weighted by molar-refractivity contribution is 5.83. The highest BCUT2D eigenvalue weighted by atomic mass is 16.2. The Kier molecular flexibility index (Phi) is 6.00. The van der Waals surface area contributed by atoms with Crippen LogP contribution >= 0.6 is 0 Å². The van der Waals surface area contributed by atoms with Gasteiger partial charge in [0.25, 0.3) is 0 Å². The monoisotopic (exact) mass is 260 g/mol. The molecule has 1 aromatic carbocycles. The van der Waals surface area contributed by atoms with E-state index in [-0.39, 0.29) is 17.7 Å². The first-order valence-electron chi connectivity index (χ1n) is 6.22. The van der Waals surface area contributed by atoms with E-state index in [1.807, 2.05) is 49.2 Å². The summed E-state index contributed by atoms with van der Waals surface area (Å²) >= 11 is 0. The molecule has 1 aromatic rings. The molecule has 102 valence electrons. The molecule has 5 heteroatoms. The van der Waals surface area contributed by atoms with Gasteiger partial charge in [-0.3, -0.25) is 10.2 Å². The molecule has 2 atom stereocenters. The van der Waals surface area contributed by atoms with E-state index in [1.54, 1.807) is 0 Å². The summed E-state index contributed by atoms with van der Waals surface area (Å²) in [5.74, 6) is 4.62. The normalized spacial score (nSPS) is 13.6. The Hall–Kier alpha value is -1.90. The van der Waals surface area contributed by atoms with Crippen LogP contribution < -0.4 is 11.3 Å². The van der Waals surface area contributed by atoms with Crippen molar-refractivity contribution in [2.75, 3.05) is 20.1 Å². The summed E-state index contributed by atoms with van der Waals surface area (Å²) < 4.78 is 0. The van der Waals surface area contributed by atoms with Gasteiger partial charge >= 0.3 is 0 Å². The van der Waals surface area contributed by atoms with Gasteiger partial charge in [-0.05, 0) is 19.5 Å². The zero-order valence-electron chi connectivity index (χ0n) is 11.3. The fourth-order valence-corrected chi connectivity index (χ4v) is 2.02. The van der Waals surface area contributed by atoms with Crippen molar-refractivity contribution in [2.45, 2.75) is 12.8 Å². The van der Waals surface area contributed by atoms with Gasteiger partial charge < -0.3 is 4.90 Å². The number of hydrazine groups is 1. The van der Waals surface area contributed by atoms with Crippen molar-refractivity contribution in [1.29, 1.82) is 5.26 Å². The Morgan fingerprint density at radius 3 is 2.58 bits per heavy atom. The van der Waals surface area contributed by atoms with Crippen LogP contribution in [0.4, 0.5) is 0 Å². The van der Waals surface area contributed by atoms with E-state index in [9.17, 15) is 4.79 Å². The number of likely N-dealkylation sites (N-methyl/N-ethyl adjacent to an activating group) is 1. The summed E-state index contributed by atoms with van der Waals surface area (Å²) in [6, 6.07) is 11.7. The van der Waals surface area contributed by atoms with Crippen LogP contribution in [0.2, 0.25) is 0 Å². The van der Waals surface area contributed by atoms with Crippen LogP contribution in [0.1, 0.15) is 18.4 Å². The van der Waals surface area contributed by atoms with Gasteiger partial charge in [0.1, 0.15) is 0 Å². The van der Waals surface area contributed by atoms with Gasteiger partial charge in [0, 0.05) is 13.1 Å².